The van der Waals surface area contributed by atoms with Crippen LogP contribution in [0, 0.1) is 0 Å². The second-order valence-electron chi connectivity index (χ2n) is 7.07. The van der Waals surface area contributed by atoms with Crippen LogP contribution in [-0.4, -0.2) is 50.1 Å². The summed E-state index contributed by atoms with van der Waals surface area (Å²) >= 11 is 0. The Morgan fingerprint density at radius 3 is 2.22 bits per heavy atom. The highest BCUT2D eigenvalue weighted by Gasteiger charge is 2.25. The molecule has 0 spiro atoms. The van der Waals surface area contributed by atoms with Gasteiger partial charge in [-0.1, -0.05) is 48.9 Å². The number of likely N-dealkylation sites (N-methyl/N-ethyl adjacent to an activating group) is 1. The van der Waals surface area contributed by atoms with Crippen LogP contribution in [0.25, 0.3) is 0 Å². The number of benzene rings is 2. The average Bonchev–Trinajstić information content (AvgIpc) is 2.69. The second-order valence-corrected chi connectivity index (χ2v) is 9.01. The summed E-state index contributed by atoms with van der Waals surface area (Å²) in [5.74, 6) is -0.0182. The molecule has 27 heavy (non-hydrogen) atoms. The summed E-state index contributed by atoms with van der Waals surface area (Å²) in [5, 5.41) is 0. The minimum Gasteiger partial charge on any atom is -0.295 e. The van der Waals surface area contributed by atoms with E-state index >= 15 is 0 Å². The van der Waals surface area contributed by atoms with Gasteiger partial charge >= 0.3 is 0 Å². The first-order chi connectivity index (χ1) is 13.0. The fourth-order valence-corrected chi connectivity index (χ4v) is 4.87. The zero-order valence-electron chi connectivity index (χ0n) is 15.7. The van der Waals surface area contributed by atoms with Crippen molar-refractivity contribution >= 4 is 15.8 Å². The van der Waals surface area contributed by atoms with E-state index in [2.05, 4.69) is 0 Å². The molecule has 6 heteroatoms. The molecule has 0 bridgehead atoms. The van der Waals surface area contributed by atoms with Crippen molar-refractivity contribution < 1.29 is 13.2 Å². The van der Waals surface area contributed by atoms with Crippen molar-refractivity contribution in [1.82, 2.24) is 9.21 Å². The highest BCUT2D eigenvalue weighted by molar-refractivity contribution is 7.89. The van der Waals surface area contributed by atoms with Crippen molar-refractivity contribution in [1.29, 1.82) is 0 Å². The summed E-state index contributed by atoms with van der Waals surface area (Å²) in [5.41, 5.74) is 1.68. The Balaban J connectivity index is 1.63. The molecule has 1 heterocycles. The second kappa shape index (κ2) is 8.78. The lowest BCUT2D eigenvalue weighted by atomic mass is 10.1. The first-order valence-electron chi connectivity index (χ1n) is 9.33. The molecule has 1 aliphatic rings. The molecule has 0 atom stereocenters. The fourth-order valence-electron chi connectivity index (χ4n) is 3.35. The Kier molecular flexibility index (Phi) is 6.42. The van der Waals surface area contributed by atoms with Crippen LogP contribution in [0.3, 0.4) is 0 Å². The van der Waals surface area contributed by atoms with E-state index in [1.807, 2.05) is 42.3 Å². The molecule has 2 aromatic rings. The van der Waals surface area contributed by atoms with Crippen LogP contribution in [-0.2, 0) is 16.6 Å². The van der Waals surface area contributed by atoms with Gasteiger partial charge in [0.2, 0.25) is 10.0 Å². The van der Waals surface area contributed by atoms with Gasteiger partial charge in [0.25, 0.3) is 0 Å². The quantitative estimate of drug-likeness (QED) is 0.686. The van der Waals surface area contributed by atoms with E-state index < -0.39 is 10.0 Å². The number of rotatable bonds is 7. The predicted octanol–water partition coefficient (Wildman–Crippen LogP) is 3.18. The van der Waals surface area contributed by atoms with Gasteiger partial charge in [-0.15, -0.1) is 0 Å². The number of Topliss-reactive ketones (excluding diaryl/α,β-unsaturated/α-hetero) is 1. The SMILES string of the molecule is CN(CC(=O)c1ccc(S(=O)(=O)N2CCCCC2)cc1)Cc1ccccc1. The molecular weight excluding hydrogens is 360 g/mol. The van der Waals surface area contributed by atoms with E-state index in [1.165, 1.54) is 0 Å². The van der Waals surface area contributed by atoms with Gasteiger partial charge in [-0.2, -0.15) is 4.31 Å². The smallest absolute Gasteiger partial charge is 0.243 e. The highest BCUT2D eigenvalue weighted by atomic mass is 32.2. The maximum atomic E-state index is 12.7. The molecule has 0 amide bonds. The van der Waals surface area contributed by atoms with Gasteiger partial charge in [0.1, 0.15) is 0 Å². The van der Waals surface area contributed by atoms with E-state index in [1.54, 1.807) is 28.6 Å². The molecule has 0 N–H and O–H groups in total. The van der Waals surface area contributed by atoms with Gasteiger partial charge in [-0.3, -0.25) is 9.69 Å². The third-order valence-electron chi connectivity index (χ3n) is 4.84. The molecule has 3 rings (SSSR count). The van der Waals surface area contributed by atoms with Crippen LogP contribution < -0.4 is 0 Å². The number of nitrogens with zero attached hydrogens (tertiary/aromatic N) is 2. The number of ketones is 1. The van der Waals surface area contributed by atoms with E-state index in [4.69, 9.17) is 0 Å². The zero-order chi connectivity index (χ0) is 19.3. The van der Waals surface area contributed by atoms with E-state index in [0.29, 0.717) is 25.2 Å². The first kappa shape index (κ1) is 19.7. The summed E-state index contributed by atoms with van der Waals surface area (Å²) in [6.07, 6.45) is 2.89. The van der Waals surface area contributed by atoms with Crippen molar-refractivity contribution in [2.75, 3.05) is 26.7 Å². The Morgan fingerprint density at radius 2 is 1.59 bits per heavy atom. The number of hydrogen-bond donors (Lipinski definition) is 0. The molecule has 0 aliphatic carbocycles. The topological polar surface area (TPSA) is 57.7 Å². The van der Waals surface area contributed by atoms with Crippen LogP contribution in [0.4, 0.5) is 0 Å². The van der Waals surface area contributed by atoms with Crippen LogP contribution >= 0.6 is 0 Å². The number of sulfonamides is 1. The van der Waals surface area contributed by atoms with Crippen molar-refractivity contribution in [3.05, 3.63) is 65.7 Å². The number of carbonyl (C=O) groups is 1. The molecule has 0 saturated carbocycles. The molecule has 0 radical (unpaired) electrons. The summed E-state index contributed by atoms with van der Waals surface area (Å²) < 4.78 is 26.9. The van der Waals surface area contributed by atoms with Gasteiger partial charge in [-0.25, -0.2) is 8.42 Å². The summed E-state index contributed by atoms with van der Waals surface area (Å²) in [6, 6.07) is 16.3. The number of piperidine rings is 1. The van der Waals surface area contributed by atoms with Crippen LogP contribution in [0.2, 0.25) is 0 Å². The van der Waals surface area contributed by atoms with Gasteiger partial charge in [0.05, 0.1) is 11.4 Å². The number of carbonyl (C=O) groups excluding carboxylic acids is 1. The fraction of sp³-hybridized carbons (Fsp3) is 0.381. The van der Waals surface area contributed by atoms with Gasteiger partial charge < -0.3 is 0 Å². The largest absolute Gasteiger partial charge is 0.295 e. The lowest BCUT2D eigenvalue weighted by Gasteiger charge is -2.25. The van der Waals surface area contributed by atoms with Gasteiger partial charge in [-0.05, 0) is 37.6 Å². The molecule has 5 nitrogen and oxygen atoms in total. The van der Waals surface area contributed by atoms with Crippen LogP contribution in [0.1, 0.15) is 35.2 Å². The van der Waals surface area contributed by atoms with E-state index in [9.17, 15) is 13.2 Å². The lowest BCUT2D eigenvalue weighted by molar-refractivity contribution is 0.0943. The Morgan fingerprint density at radius 1 is 0.963 bits per heavy atom. The maximum Gasteiger partial charge on any atom is 0.243 e. The van der Waals surface area contributed by atoms with Crippen molar-refractivity contribution in [2.45, 2.75) is 30.7 Å². The van der Waals surface area contributed by atoms with Crippen molar-refractivity contribution in [3.63, 3.8) is 0 Å². The number of hydrogen-bond acceptors (Lipinski definition) is 4. The minimum absolute atomic E-state index is 0.0182. The van der Waals surface area contributed by atoms with Crippen molar-refractivity contribution in [2.24, 2.45) is 0 Å². The summed E-state index contributed by atoms with van der Waals surface area (Å²) in [6.45, 7) is 2.13. The molecule has 1 saturated heterocycles. The summed E-state index contributed by atoms with van der Waals surface area (Å²) in [4.78, 5) is 14.7. The molecule has 144 valence electrons. The molecule has 0 unspecified atom stereocenters. The Bertz CT molecular complexity index is 858. The Labute approximate surface area is 161 Å². The predicted molar refractivity (Wildman–Crippen MR) is 106 cm³/mol. The first-order valence-corrected chi connectivity index (χ1v) is 10.8. The van der Waals surface area contributed by atoms with Crippen molar-refractivity contribution in [3.8, 4) is 0 Å². The molecule has 1 fully saturated rings. The molecule has 1 aliphatic heterocycles. The minimum atomic E-state index is -3.46. The van der Waals surface area contributed by atoms with Crippen LogP contribution in [0.15, 0.2) is 59.5 Å². The van der Waals surface area contributed by atoms with Gasteiger partial charge in [0, 0.05) is 25.2 Å². The highest BCUT2D eigenvalue weighted by Crippen LogP contribution is 2.21. The third-order valence-corrected chi connectivity index (χ3v) is 6.75. The molecule has 2 aromatic carbocycles. The Hall–Kier alpha value is -2.02. The standard InChI is InChI=1S/C21H26N2O3S/c1-22(16-18-8-4-2-5-9-18)17-21(24)19-10-12-20(13-11-19)27(25,26)23-14-6-3-7-15-23/h2,4-5,8-13H,3,6-7,14-17H2,1H3. The molecule has 0 aromatic heterocycles. The lowest BCUT2D eigenvalue weighted by Crippen LogP contribution is -2.35. The van der Waals surface area contributed by atoms with Gasteiger partial charge in [0.15, 0.2) is 5.78 Å². The summed E-state index contributed by atoms with van der Waals surface area (Å²) in [7, 11) is -1.55. The van der Waals surface area contributed by atoms with E-state index in [0.717, 1.165) is 24.8 Å². The third kappa shape index (κ3) is 5.03. The van der Waals surface area contributed by atoms with Crippen LogP contribution in [0.5, 0.6) is 0 Å². The average molecular weight is 387 g/mol. The maximum absolute atomic E-state index is 12.7. The monoisotopic (exact) mass is 386 g/mol. The molecular formula is C21H26N2O3S. The zero-order valence-corrected chi connectivity index (χ0v) is 16.5. The normalized spacial score (nSPS) is 15.8. The van der Waals surface area contributed by atoms with E-state index in [-0.39, 0.29) is 17.2 Å².